The molecule has 0 aliphatic rings. The maximum absolute atomic E-state index is 12.6. The molecule has 0 aliphatic carbocycles. The van der Waals surface area contributed by atoms with Crippen molar-refractivity contribution in [2.75, 3.05) is 19.4 Å². The first-order valence-electron chi connectivity index (χ1n) is 9.53. The molecule has 3 aromatic rings. The zero-order valence-corrected chi connectivity index (χ0v) is 18.0. The van der Waals surface area contributed by atoms with Gasteiger partial charge in [0.2, 0.25) is 5.91 Å². The van der Waals surface area contributed by atoms with Gasteiger partial charge in [0, 0.05) is 31.5 Å². The average molecular weight is 425 g/mol. The van der Waals surface area contributed by atoms with Gasteiger partial charge in [-0.3, -0.25) is 14.2 Å². The van der Waals surface area contributed by atoms with Crippen molar-refractivity contribution in [1.29, 1.82) is 0 Å². The number of aromatic nitrogens is 3. The van der Waals surface area contributed by atoms with E-state index in [4.69, 9.17) is 4.74 Å². The normalized spacial score (nSPS) is 10.6. The summed E-state index contributed by atoms with van der Waals surface area (Å²) in [4.78, 5) is 23.8. The van der Waals surface area contributed by atoms with Crippen molar-refractivity contribution >= 4 is 23.5 Å². The quantitative estimate of drug-likeness (QED) is 0.419. The zero-order valence-electron chi connectivity index (χ0n) is 17.2. The molecule has 0 atom stereocenters. The van der Waals surface area contributed by atoms with E-state index in [-0.39, 0.29) is 17.4 Å². The largest absolute Gasteiger partial charge is 0.497 e. The molecule has 0 spiro atoms. The number of carbonyl (C=O) groups is 2. The van der Waals surface area contributed by atoms with E-state index in [0.717, 1.165) is 11.3 Å². The summed E-state index contributed by atoms with van der Waals surface area (Å²) in [6.45, 7) is 3.91. The first-order valence-corrected chi connectivity index (χ1v) is 10.5. The van der Waals surface area contributed by atoms with Crippen LogP contribution in [0.3, 0.4) is 0 Å². The summed E-state index contributed by atoms with van der Waals surface area (Å²) >= 11 is 1.33. The molecule has 0 aliphatic heterocycles. The number of carbonyl (C=O) groups excluding carboxylic acids is 2. The minimum absolute atomic E-state index is 0.0278. The van der Waals surface area contributed by atoms with Crippen molar-refractivity contribution in [2.24, 2.45) is 0 Å². The van der Waals surface area contributed by atoms with Gasteiger partial charge in [0.25, 0.3) is 0 Å². The fraction of sp³-hybridized carbons (Fsp3) is 0.273. The van der Waals surface area contributed by atoms with Gasteiger partial charge in [-0.1, -0.05) is 47.7 Å². The molecule has 2 aromatic carbocycles. The molecule has 0 fully saturated rings. The Morgan fingerprint density at radius 2 is 1.90 bits per heavy atom. The van der Waals surface area contributed by atoms with E-state index in [2.05, 4.69) is 15.5 Å². The van der Waals surface area contributed by atoms with Gasteiger partial charge >= 0.3 is 0 Å². The summed E-state index contributed by atoms with van der Waals surface area (Å²) in [5, 5.41) is 12.0. The Morgan fingerprint density at radius 3 is 2.60 bits per heavy atom. The number of benzene rings is 2. The standard InChI is InChI=1S/C22H24N4O3S/c1-15-7-9-17(10-8-15)20(28)14-30-22-25-24-21(11-12-23-16(2)27)26(22)18-5-4-6-19(13-18)29-3/h4-10,13H,11-12,14H2,1-3H3,(H,23,27). The van der Waals surface area contributed by atoms with Crippen LogP contribution in [0, 0.1) is 6.92 Å². The Balaban J connectivity index is 1.83. The van der Waals surface area contributed by atoms with E-state index in [0.29, 0.717) is 35.3 Å². The van der Waals surface area contributed by atoms with Gasteiger partial charge in [-0.05, 0) is 19.1 Å². The molecule has 8 heteroatoms. The average Bonchev–Trinajstić information content (AvgIpc) is 3.15. The molecule has 156 valence electrons. The van der Waals surface area contributed by atoms with E-state index in [9.17, 15) is 9.59 Å². The lowest BCUT2D eigenvalue weighted by Gasteiger charge is -2.11. The SMILES string of the molecule is COc1cccc(-n2c(CCNC(C)=O)nnc2SCC(=O)c2ccc(C)cc2)c1. The Kier molecular flexibility index (Phi) is 7.24. The third-order valence-electron chi connectivity index (χ3n) is 4.44. The van der Waals surface area contributed by atoms with Crippen LogP contribution >= 0.6 is 11.8 Å². The van der Waals surface area contributed by atoms with Crippen molar-refractivity contribution < 1.29 is 14.3 Å². The van der Waals surface area contributed by atoms with Gasteiger partial charge in [-0.15, -0.1) is 10.2 Å². The Bertz CT molecular complexity index is 1030. The van der Waals surface area contributed by atoms with Gasteiger partial charge in [-0.25, -0.2) is 0 Å². The highest BCUT2D eigenvalue weighted by molar-refractivity contribution is 7.99. The van der Waals surface area contributed by atoms with E-state index in [1.807, 2.05) is 60.0 Å². The van der Waals surface area contributed by atoms with Crippen molar-refractivity contribution in [1.82, 2.24) is 20.1 Å². The Hall–Kier alpha value is -3.13. The number of ketones is 1. The van der Waals surface area contributed by atoms with Crippen LogP contribution in [0.4, 0.5) is 0 Å². The smallest absolute Gasteiger partial charge is 0.216 e. The molecule has 1 heterocycles. The number of ether oxygens (including phenoxy) is 1. The molecule has 0 unspecified atom stereocenters. The lowest BCUT2D eigenvalue weighted by Crippen LogP contribution is -2.23. The molecule has 1 amide bonds. The maximum atomic E-state index is 12.6. The highest BCUT2D eigenvalue weighted by atomic mass is 32.2. The van der Waals surface area contributed by atoms with Crippen LogP contribution in [0.1, 0.15) is 28.7 Å². The Morgan fingerprint density at radius 1 is 1.13 bits per heavy atom. The highest BCUT2D eigenvalue weighted by Gasteiger charge is 2.17. The van der Waals surface area contributed by atoms with E-state index in [1.165, 1.54) is 18.7 Å². The Labute approximate surface area is 179 Å². The molecule has 0 saturated carbocycles. The first-order chi connectivity index (χ1) is 14.5. The second-order valence-corrected chi connectivity index (χ2v) is 7.69. The molecule has 0 radical (unpaired) electrons. The maximum Gasteiger partial charge on any atom is 0.216 e. The number of methoxy groups -OCH3 is 1. The van der Waals surface area contributed by atoms with Crippen LogP contribution < -0.4 is 10.1 Å². The molecular weight excluding hydrogens is 400 g/mol. The molecular formula is C22H24N4O3S. The summed E-state index contributed by atoms with van der Waals surface area (Å²) in [5.41, 5.74) is 2.62. The predicted molar refractivity (Wildman–Crippen MR) is 117 cm³/mol. The number of nitrogens with zero attached hydrogens (tertiary/aromatic N) is 3. The number of Topliss-reactive ketones (excluding diaryl/α,β-unsaturated/α-hetero) is 1. The van der Waals surface area contributed by atoms with Gasteiger partial charge < -0.3 is 10.1 Å². The minimum atomic E-state index is -0.0965. The number of nitrogens with one attached hydrogen (secondary N) is 1. The van der Waals surface area contributed by atoms with Crippen LogP contribution in [-0.4, -0.2) is 45.9 Å². The lowest BCUT2D eigenvalue weighted by molar-refractivity contribution is -0.118. The molecule has 0 bridgehead atoms. The minimum Gasteiger partial charge on any atom is -0.497 e. The van der Waals surface area contributed by atoms with Crippen LogP contribution in [0.25, 0.3) is 5.69 Å². The summed E-state index contributed by atoms with van der Waals surface area (Å²) < 4.78 is 7.24. The topological polar surface area (TPSA) is 86.1 Å². The van der Waals surface area contributed by atoms with Gasteiger partial charge in [0.1, 0.15) is 11.6 Å². The van der Waals surface area contributed by atoms with Gasteiger partial charge in [0.15, 0.2) is 10.9 Å². The van der Waals surface area contributed by atoms with E-state index < -0.39 is 0 Å². The molecule has 30 heavy (non-hydrogen) atoms. The summed E-state index contributed by atoms with van der Waals surface area (Å²) in [6, 6.07) is 15.1. The number of hydrogen-bond donors (Lipinski definition) is 1. The molecule has 7 nitrogen and oxygen atoms in total. The van der Waals surface area contributed by atoms with Crippen molar-refractivity contribution in [2.45, 2.75) is 25.4 Å². The second kappa shape index (κ2) is 10.1. The van der Waals surface area contributed by atoms with Crippen LogP contribution in [0.2, 0.25) is 0 Å². The number of amides is 1. The zero-order chi connectivity index (χ0) is 21.5. The van der Waals surface area contributed by atoms with E-state index in [1.54, 1.807) is 7.11 Å². The molecule has 1 N–H and O–H groups in total. The second-order valence-electron chi connectivity index (χ2n) is 6.75. The number of rotatable bonds is 9. The van der Waals surface area contributed by atoms with Crippen LogP contribution in [-0.2, 0) is 11.2 Å². The van der Waals surface area contributed by atoms with Crippen LogP contribution in [0.5, 0.6) is 5.75 Å². The molecule has 1 aromatic heterocycles. The lowest BCUT2D eigenvalue weighted by atomic mass is 10.1. The predicted octanol–water partition coefficient (Wildman–Crippen LogP) is 3.24. The van der Waals surface area contributed by atoms with Gasteiger partial charge in [-0.2, -0.15) is 0 Å². The van der Waals surface area contributed by atoms with Gasteiger partial charge in [0.05, 0.1) is 18.6 Å². The molecule has 0 saturated heterocycles. The molecule has 3 rings (SSSR count). The fourth-order valence-electron chi connectivity index (χ4n) is 2.87. The fourth-order valence-corrected chi connectivity index (χ4v) is 3.73. The van der Waals surface area contributed by atoms with E-state index >= 15 is 0 Å². The number of hydrogen-bond acceptors (Lipinski definition) is 6. The van der Waals surface area contributed by atoms with Crippen LogP contribution in [0.15, 0.2) is 53.7 Å². The number of thioether (sulfide) groups is 1. The summed E-state index contributed by atoms with van der Waals surface area (Å²) in [6.07, 6.45) is 0.510. The first kappa shape index (κ1) is 21.6. The summed E-state index contributed by atoms with van der Waals surface area (Å²) in [7, 11) is 1.61. The highest BCUT2D eigenvalue weighted by Crippen LogP contribution is 2.25. The summed E-state index contributed by atoms with van der Waals surface area (Å²) in [5.74, 6) is 1.58. The third-order valence-corrected chi connectivity index (χ3v) is 5.37. The van der Waals surface area contributed by atoms with Crippen molar-refractivity contribution in [3.63, 3.8) is 0 Å². The van der Waals surface area contributed by atoms with Crippen molar-refractivity contribution in [3.05, 3.63) is 65.5 Å². The monoisotopic (exact) mass is 424 g/mol. The number of aryl methyl sites for hydroxylation is 1. The third kappa shape index (κ3) is 5.48. The van der Waals surface area contributed by atoms with Crippen molar-refractivity contribution in [3.8, 4) is 11.4 Å².